The fraction of sp³-hybridized carbons (Fsp3) is 0.333. The summed E-state index contributed by atoms with van der Waals surface area (Å²) in [6.07, 6.45) is 0. The standard InChI is InChI=1S/C21H24ClN3O6S/c1-3-31-20-17(22)10-14(11-18(20)30-2)12-24-21(27)15-4-6-16(7-5-15)32(28,29)25-9-8-23-19(26)13-25/h4-7,10-11H,3,8-9,12-13H2,1-2H3,(H,23,26)(H,24,27). The lowest BCUT2D eigenvalue weighted by Gasteiger charge is -2.25. The van der Waals surface area contributed by atoms with Crippen LogP contribution in [0.2, 0.25) is 5.02 Å². The average Bonchev–Trinajstić information content (AvgIpc) is 2.79. The fourth-order valence-electron chi connectivity index (χ4n) is 3.19. The number of methoxy groups -OCH3 is 1. The number of carbonyl (C=O) groups excluding carboxylic acids is 2. The normalized spacial score (nSPS) is 14.5. The summed E-state index contributed by atoms with van der Waals surface area (Å²) in [6.45, 7) is 2.69. The molecule has 1 heterocycles. The molecule has 0 radical (unpaired) electrons. The van der Waals surface area contributed by atoms with E-state index in [9.17, 15) is 18.0 Å². The molecule has 9 nitrogen and oxygen atoms in total. The molecular weight excluding hydrogens is 458 g/mol. The summed E-state index contributed by atoms with van der Waals surface area (Å²) in [5.41, 5.74) is 1.01. The first-order valence-corrected chi connectivity index (χ1v) is 11.7. The second-order valence-electron chi connectivity index (χ2n) is 6.94. The fourth-order valence-corrected chi connectivity index (χ4v) is 4.88. The van der Waals surface area contributed by atoms with Crippen LogP contribution >= 0.6 is 11.6 Å². The highest BCUT2D eigenvalue weighted by atomic mass is 35.5. The Hall–Kier alpha value is -2.82. The molecule has 0 unspecified atom stereocenters. The minimum atomic E-state index is -3.81. The van der Waals surface area contributed by atoms with E-state index in [0.29, 0.717) is 34.3 Å². The maximum absolute atomic E-state index is 12.7. The predicted molar refractivity (Wildman–Crippen MR) is 119 cm³/mol. The predicted octanol–water partition coefficient (Wildman–Crippen LogP) is 1.80. The van der Waals surface area contributed by atoms with Gasteiger partial charge in [-0.3, -0.25) is 9.59 Å². The number of piperazine rings is 1. The Morgan fingerprint density at radius 1 is 1.25 bits per heavy atom. The number of carbonyl (C=O) groups is 2. The molecule has 0 aromatic heterocycles. The number of nitrogens with one attached hydrogen (secondary N) is 2. The number of nitrogens with zero attached hydrogens (tertiary/aromatic N) is 1. The van der Waals surface area contributed by atoms with Gasteiger partial charge < -0.3 is 20.1 Å². The summed E-state index contributed by atoms with van der Waals surface area (Å²) in [7, 11) is -2.31. The molecule has 172 valence electrons. The van der Waals surface area contributed by atoms with E-state index in [2.05, 4.69) is 10.6 Å². The SMILES string of the molecule is CCOc1c(Cl)cc(CNC(=O)c2ccc(S(=O)(=O)N3CCNC(=O)C3)cc2)cc1OC. The van der Waals surface area contributed by atoms with E-state index in [1.807, 2.05) is 6.92 Å². The second kappa shape index (κ2) is 10.2. The van der Waals surface area contributed by atoms with Gasteiger partial charge in [0.15, 0.2) is 11.5 Å². The van der Waals surface area contributed by atoms with E-state index in [4.69, 9.17) is 21.1 Å². The molecule has 1 aliphatic rings. The topological polar surface area (TPSA) is 114 Å². The summed E-state index contributed by atoms with van der Waals surface area (Å²) in [6, 6.07) is 8.97. The van der Waals surface area contributed by atoms with E-state index >= 15 is 0 Å². The third kappa shape index (κ3) is 5.32. The highest BCUT2D eigenvalue weighted by Gasteiger charge is 2.29. The Labute approximate surface area is 191 Å². The van der Waals surface area contributed by atoms with Gasteiger partial charge in [0.1, 0.15) is 0 Å². The minimum Gasteiger partial charge on any atom is -0.493 e. The number of rotatable bonds is 8. The largest absolute Gasteiger partial charge is 0.493 e. The van der Waals surface area contributed by atoms with Gasteiger partial charge in [-0.25, -0.2) is 8.42 Å². The van der Waals surface area contributed by atoms with Gasteiger partial charge in [-0.2, -0.15) is 4.31 Å². The van der Waals surface area contributed by atoms with Gasteiger partial charge in [-0.1, -0.05) is 11.6 Å². The Bertz CT molecular complexity index is 1110. The summed E-state index contributed by atoms with van der Waals surface area (Å²) >= 11 is 6.25. The van der Waals surface area contributed by atoms with Crippen LogP contribution in [0.1, 0.15) is 22.8 Å². The van der Waals surface area contributed by atoms with Crippen molar-refractivity contribution in [3.63, 3.8) is 0 Å². The van der Waals surface area contributed by atoms with Crippen molar-refractivity contribution in [3.8, 4) is 11.5 Å². The van der Waals surface area contributed by atoms with E-state index < -0.39 is 10.0 Å². The van der Waals surface area contributed by atoms with Crippen molar-refractivity contribution in [2.75, 3.05) is 33.4 Å². The zero-order chi connectivity index (χ0) is 23.3. The molecule has 0 saturated carbocycles. The quantitative estimate of drug-likeness (QED) is 0.594. The molecule has 3 rings (SSSR count). The minimum absolute atomic E-state index is 0.0202. The van der Waals surface area contributed by atoms with Crippen LogP contribution in [0.3, 0.4) is 0 Å². The first kappa shape index (κ1) is 23.8. The van der Waals surface area contributed by atoms with Crippen LogP contribution in [0.5, 0.6) is 11.5 Å². The van der Waals surface area contributed by atoms with Crippen LogP contribution < -0.4 is 20.1 Å². The zero-order valence-electron chi connectivity index (χ0n) is 17.7. The van der Waals surface area contributed by atoms with Crippen LogP contribution in [0, 0.1) is 0 Å². The maximum atomic E-state index is 12.7. The smallest absolute Gasteiger partial charge is 0.251 e. The third-order valence-corrected chi connectivity index (χ3v) is 6.93. The lowest BCUT2D eigenvalue weighted by Crippen LogP contribution is -2.49. The molecular formula is C21H24ClN3O6S. The van der Waals surface area contributed by atoms with Gasteiger partial charge >= 0.3 is 0 Å². The Morgan fingerprint density at radius 2 is 1.97 bits per heavy atom. The number of ether oxygens (including phenoxy) is 2. The molecule has 2 aromatic carbocycles. The average molecular weight is 482 g/mol. The molecule has 0 aliphatic carbocycles. The van der Waals surface area contributed by atoms with Crippen LogP contribution in [-0.4, -0.2) is 57.9 Å². The first-order chi connectivity index (χ1) is 15.3. The van der Waals surface area contributed by atoms with E-state index in [-0.39, 0.29) is 42.9 Å². The number of amides is 2. The number of benzene rings is 2. The van der Waals surface area contributed by atoms with Crippen molar-refractivity contribution in [2.24, 2.45) is 0 Å². The highest BCUT2D eigenvalue weighted by Crippen LogP contribution is 2.36. The van der Waals surface area contributed by atoms with Crippen LogP contribution in [-0.2, 0) is 21.4 Å². The van der Waals surface area contributed by atoms with Crippen LogP contribution in [0.25, 0.3) is 0 Å². The number of sulfonamides is 1. The van der Waals surface area contributed by atoms with Crippen molar-refractivity contribution in [3.05, 3.63) is 52.5 Å². The van der Waals surface area contributed by atoms with E-state index in [1.54, 1.807) is 12.1 Å². The second-order valence-corrected chi connectivity index (χ2v) is 9.28. The zero-order valence-corrected chi connectivity index (χ0v) is 19.3. The molecule has 0 atom stereocenters. The summed E-state index contributed by atoms with van der Waals surface area (Å²) in [4.78, 5) is 24.0. The molecule has 2 amide bonds. The van der Waals surface area contributed by atoms with Crippen molar-refractivity contribution < 1.29 is 27.5 Å². The van der Waals surface area contributed by atoms with Gasteiger partial charge in [0.2, 0.25) is 15.9 Å². The Kier molecular flexibility index (Phi) is 7.60. The van der Waals surface area contributed by atoms with E-state index in [1.165, 1.54) is 31.4 Å². The highest BCUT2D eigenvalue weighted by molar-refractivity contribution is 7.89. The van der Waals surface area contributed by atoms with Gasteiger partial charge in [0.05, 0.1) is 30.2 Å². The molecule has 2 aromatic rings. The number of hydrogen-bond donors (Lipinski definition) is 2. The molecule has 0 spiro atoms. The molecule has 11 heteroatoms. The van der Waals surface area contributed by atoms with Crippen LogP contribution in [0.15, 0.2) is 41.3 Å². The molecule has 0 bridgehead atoms. The van der Waals surface area contributed by atoms with Crippen molar-refractivity contribution in [2.45, 2.75) is 18.4 Å². The van der Waals surface area contributed by atoms with Crippen LogP contribution in [0.4, 0.5) is 0 Å². The van der Waals surface area contributed by atoms with Crippen molar-refractivity contribution in [1.29, 1.82) is 0 Å². The summed E-state index contributed by atoms with van der Waals surface area (Å²) in [5, 5.41) is 5.72. The van der Waals surface area contributed by atoms with Gasteiger partial charge in [0.25, 0.3) is 5.91 Å². The Balaban J connectivity index is 1.68. The Morgan fingerprint density at radius 3 is 2.59 bits per heavy atom. The summed E-state index contributed by atoms with van der Waals surface area (Å²) < 4.78 is 37.3. The van der Waals surface area contributed by atoms with Gasteiger partial charge in [-0.15, -0.1) is 0 Å². The van der Waals surface area contributed by atoms with Gasteiger partial charge in [0, 0.05) is 25.2 Å². The van der Waals surface area contributed by atoms with Gasteiger partial charge in [-0.05, 0) is 48.9 Å². The third-order valence-electron chi connectivity index (χ3n) is 4.79. The lowest BCUT2D eigenvalue weighted by atomic mass is 10.1. The van der Waals surface area contributed by atoms with Crippen molar-refractivity contribution in [1.82, 2.24) is 14.9 Å². The molecule has 2 N–H and O–H groups in total. The molecule has 1 aliphatic heterocycles. The molecule has 1 saturated heterocycles. The molecule has 32 heavy (non-hydrogen) atoms. The van der Waals surface area contributed by atoms with Crippen molar-refractivity contribution >= 4 is 33.4 Å². The first-order valence-electron chi connectivity index (χ1n) is 9.90. The summed E-state index contributed by atoms with van der Waals surface area (Å²) in [5.74, 6) is 0.177. The monoisotopic (exact) mass is 481 g/mol. The van der Waals surface area contributed by atoms with E-state index in [0.717, 1.165) is 4.31 Å². The number of hydrogen-bond acceptors (Lipinski definition) is 6. The number of halogens is 1. The molecule has 1 fully saturated rings. The lowest BCUT2D eigenvalue weighted by molar-refractivity contribution is -0.122. The maximum Gasteiger partial charge on any atom is 0.251 e.